The fourth-order valence-electron chi connectivity index (χ4n) is 2.29. The van der Waals surface area contributed by atoms with Gasteiger partial charge in [-0.2, -0.15) is 5.26 Å². The lowest BCUT2D eigenvalue weighted by atomic mass is 10.2. The molecule has 122 valence electrons. The van der Waals surface area contributed by atoms with Crippen molar-refractivity contribution in [3.05, 3.63) is 48.0 Å². The molecule has 2 aromatic rings. The highest BCUT2D eigenvalue weighted by molar-refractivity contribution is 7.92. The Morgan fingerprint density at radius 2 is 2.00 bits per heavy atom. The van der Waals surface area contributed by atoms with E-state index in [2.05, 4.69) is 4.72 Å². The summed E-state index contributed by atoms with van der Waals surface area (Å²) in [5, 5.41) is 9.06. The molecule has 24 heavy (non-hydrogen) atoms. The molecule has 3 rings (SSSR count). The molecular weight excluding hydrogens is 330 g/mol. The van der Waals surface area contributed by atoms with Crippen molar-refractivity contribution in [2.45, 2.75) is 4.90 Å². The number of carbonyl (C=O) groups is 1. The number of ether oxygens (including phenoxy) is 1. The summed E-state index contributed by atoms with van der Waals surface area (Å²) in [5.41, 5.74) is 0.788. The summed E-state index contributed by atoms with van der Waals surface area (Å²) in [6, 6.07) is 12.5. The summed E-state index contributed by atoms with van der Waals surface area (Å²) >= 11 is 0. The lowest BCUT2D eigenvalue weighted by Gasteiger charge is -2.26. The molecule has 1 amide bonds. The van der Waals surface area contributed by atoms with Crippen LogP contribution in [0.3, 0.4) is 0 Å². The predicted molar refractivity (Wildman–Crippen MR) is 87.3 cm³/mol. The molecule has 0 fully saturated rings. The minimum Gasteiger partial charge on any atom is -0.482 e. The van der Waals surface area contributed by atoms with E-state index in [1.807, 2.05) is 6.07 Å². The van der Waals surface area contributed by atoms with E-state index in [1.165, 1.54) is 35.2 Å². The second-order valence-corrected chi connectivity index (χ2v) is 6.82. The third-order valence-corrected chi connectivity index (χ3v) is 4.98. The Hall–Kier alpha value is -3.05. The van der Waals surface area contributed by atoms with Gasteiger partial charge < -0.3 is 9.64 Å². The lowest BCUT2D eigenvalue weighted by Crippen LogP contribution is -2.35. The maximum atomic E-state index is 12.6. The Morgan fingerprint density at radius 3 is 2.75 bits per heavy atom. The van der Waals surface area contributed by atoms with Crippen molar-refractivity contribution >= 4 is 27.3 Å². The minimum atomic E-state index is -3.91. The van der Waals surface area contributed by atoms with E-state index < -0.39 is 10.0 Å². The fraction of sp³-hybridized carbons (Fsp3) is 0.125. The summed E-state index contributed by atoms with van der Waals surface area (Å²) in [6.45, 7) is -0.0800. The van der Waals surface area contributed by atoms with E-state index in [1.54, 1.807) is 19.2 Å². The van der Waals surface area contributed by atoms with E-state index in [4.69, 9.17) is 10.00 Å². The van der Waals surface area contributed by atoms with E-state index in [9.17, 15) is 13.2 Å². The van der Waals surface area contributed by atoms with Crippen molar-refractivity contribution in [3.63, 3.8) is 0 Å². The number of rotatable bonds is 3. The zero-order chi connectivity index (χ0) is 17.3. The topological polar surface area (TPSA) is 99.5 Å². The van der Waals surface area contributed by atoms with Gasteiger partial charge in [0.15, 0.2) is 6.61 Å². The molecule has 1 aliphatic rings. The largest absolute Gasteiger partial charge is 0.482 e. The smallest absolute Gasteiger partial charge is 0.264 e. The van der Waals surface area contributed by atoms with Gasteiger partial charge in [-0.25, -0.2) is 8.42 Å². The molecule has 0 saturated heterocycles. The maximum Gasteiger partial charge on any atom is 0.264 e. The molecule has 0 unspecified atom stereocenters. The van der Waals surface area contributed by atoms with E-state index in [0.29, 0.717) is 11.4 Å². The van der Waals surface area contributed by atoms with Gasteiger partial charge in [0.05, 0.1) is 21.8 Å². The summed E-state index contributed by atoms with van der Waals surface area (Å²) in [7, 11) is -2.36. The molecule has 2 aromatic carbocycles. The summed E-state index contributed by atoms with van der Waals surface area (Å²) in [4.78, 5) is 13.0. The second-order valence-electron chi connectivity index (χ2n) is 5.13. The van der Waals surface area contributed by atoms with E-state index in [0.717, 1.165) is 0 Å². The molecule has 0 bridgehead atoms. The van der Waals surface area contributed by atoms with Gasteiger partial charge in [0.1, 0.15) is 11.8 Å². The number of para-hydroxylation sites is 1. The number of nitriles is 1. The summed E-state index contributed by atoms with van der Waals surface area (Å²) < 4.78 is 32.8. The van der Waals surface area contributed by atoms with E-state index >= 15 is 0 Å². The maximum absolute atomic E-state index is 12.6. The molecule has 1 aliphatic heterocycles. The first-order chi connectivity index (χ1) is 11.4. The number of sulfonamides is 1. The van der Waals surface area contributed by atoms with Crippen LogP contribution in [0.5, 0.6) is 5.75 Å². The summed E-state index contributed by atoms with van der Waals surface area (Å²) in [6.07, 6.45) is 0. The van der Waals surface area contributed by atoms with Crippen LogP contribution in [0.1, 0.15) is 5.56 Å². The molecule has 0 aliphatic carbocycles. The van der Waals surface area contributed by atoms with Crippen LogP contribution in [0.4, 0.5) is 11.4 Å². The number of amides is 1. The molecule has 0 radical (unpaired) electrons. The Labute approximate surface area is 139 Å². The first kappa shape index (κ1) is 15.8. The lowest BCUT2D eigenvalue weighted by molar-refractivity contribution is -0.120. The molecule has 7 nitrogen and oxygen atoms in total. The number of hydrogen-bond acceptors (Lipinski definition) is 5. The highest BCUT2D eigenvalue weighted by Gasteiger charge is 2.25. The van der Waals surface area contributed by atoms with Crippen molar-refractivity contribution in [1.82, 2.24) is 0 Å². The van der Waals surface area contributed by atoms with Crippen LogP contribution in [-0.2, 0) is 14.8 Å². The molecule has 0 aromatic heterocycles. The third-order valence-electron chi connectivity index (χ3n) is 3.62. The van der Waals surface area contributed by atoms with Gasteiger partial charge >= 0.3 is 0 Å². The molecule has 1 heterocycles. The van der Waals surface area contributed by atoms with Crippen molar-refractivity contribution in [2.24, 2.45) is 0 Å². The van der Waals surface area contributed by atoms with Crippen LogP contribution >= 0.6 is 0 Å². The van der Waals surface area contributed by atoms with Crippen LogP contribution in [0.2, 0.25) is 0 Å². The van der Waals surface area contributed by atoms with Gasteiger partial charge in [-0.05, 0) is 30.3 Å². The van der Waals surface area contributed by atoms with Crippen molar-refractivity contribution in [2.75, 3.05) is 23.3 Å². The number of hydrogen-bond donors (Lipinski definition) is 1. The van der Waals surface area contributed by atoms with Gasteiger partial charge in [0.25, 0.3) is 15.9 Å². The van der Waals surface area contributed by atoms with Crippen LogP contribution < -0.4 is 14.4 Å². The number of nitrogens with zero attached hydrogens (tertiary/aromatic N) is 2. The van der Waals surface area contributed by atoms with Gasteiger partial charge in [0.2, 0.25) is 0 Å². The number of anilines is 2. The first-order valence-electron chi connectivity index (χ1n) is 6.98. The van der Waals surface area contributed by atoms with Gasteiger partial charge in [-0.3, -0.25) is 9.52 Å². The molecule has 1 N–H and O–H groups in total. The Morgan fingerprint density at radius 1 is 1.25 bits per heavy atom. The third kappa shape index (κ3) is 2.77. The average Bonchev–Trinajstić information content (AvgIpc) is 2.58. The van der Waals surface area contributed by atoms with Crippen molar-refractivity contribution in [3.8, 4) is 11.8 Å². The Bertz CT molecular complexity index is 964. The number of likely N-dealkylation sites (N-methyl/N-ethyl adjacent to an activating group) is 1. The van der Waals surface area contributed by atoms with Crippen LogP contribution in [0.15, 0.2) is 47.4 Å². The molecule has 0 atom stereocenters. The fourth-order valence-corrected chi connectivity index (χ4v) is 3.39. The average molecular weight is 343 g/mol. The highest BCUT2D eigenvalue weighted by Crippen LogP contribution is 2.33. The number of nitrogens with one attached hydrogen (secondary N) is 1. The SMILES string of the molecule is CN1C(=O)COc2ccc(S(=O)(=O)Nc3ccccc3C#N)cc21. The predicted octanol–water partition coefficient (Wildman–Crippen LogP) is 1.71. The first-order valence-corrected chi connectivity index (χ1v) is 8.46. The Balaban J connectivity index is 1.99. The second kappa shape index (κ2) is 5.86. The summed E-state index contributed by atoms with van der Waals surface area (Å²) in [5.74, 6) is 0.174. The van der Waals surface area contributed by atoms with Crippen LogP contribution in [0, 0.1) is 11.3 Å². The van der Waals surface area contributed by atoms with Crippen LogP contribution in [0.25, 0.3) is 0 Å². The molecular formula is C16H13N3O4S. The molecule has 0 saturated carbocycles. The quantitative estimate of drug-likeness (QED) is 0.914. The standard InChI is InChI=1S/C16H13N3O4S/c1-19-14-8-12(6-7-15(14)23-10-16(19)20)24(21,22)18-13-5-3-2-4-11(13)9-17/h2-8,18H,10H2,1H3. The zero-order valence-corrected chi connectivity index (χ0v) is 13.5. The normalized spacial score (nSPS) is 13.7. The van der Waals surface area contributed by atoms with E-state index in [-0.39, 0.29) is 28.7 Å². The Kier molecular flexibility index (Phi) is 3.87. The highest BCUT2D eigenvalue weighted by atomic mass is 32.2. The molecule has 0 spiro atoms. The number of benzene rings is 2. The van der Waals surface area contributed by atoms with Gasteiger partial charge in [-0.15, -0.1) is 0 Å². The van der Waals surface area contributed by atoms with Gasteiger partial charge in [0, 0.05) is 7.05 Å². The monoisotopic (exact) mass is 343 g/mol. The van der Waals surface area contributed by atoms with Crippen LogP contribution in [-0.4, -0.2) is 28.0 Å². The van der Waals surface area contributed by atoms with Crippen molar-refractivity contribution in [1.29, 1.82) is 5.26 Å². The zero-order valence-electron chi connectivity index (χ0n) is 12.7. The molecule has 8 heteroatoms. The minimum absolute atomic E-state index is 0.0286. The number of fused-ring (bicyclic) bond motifs is 1. The van der Waals surface area contributed by atoms with Crippen molar-refractivity contribution < 1.29 is 17.9 Å². The number of carbonyl (C=O) groups excluding carboxylic acids is 1. The van der Waals surface area contributed by atoms with Gasteiger partial charge in [-0.1, -0.05) is 12.1 Å².